The van der Waals surface area contributed by atoms with Gasteiger partial charge in [-0.25, -0.2) is 0 Å². The van der Waals surface area contributed by atoms with Gasteiger partial charge in [0.15, 0.2) is 0 Å². The molecular formula is C82H64N2. The lowest BCUT2D eigenvalue weighted by Crippen LogP contribution is -2.11. The molecule has 0 radical (unpaired) electrons. The zero-order chi connectivity index (χ0) is 56.7. The number of para-hydroxylation sites is 2. The smallest absolute Gasteiger partial charge is 0.0540 e. The third-order valence-electron chi connectivity index (χ3n) is 17.0. The highest BCUT2D eigenvalue weighted by molar-refractivity contribution is 6.29. The van der Waals surface area contributed by atoms with E-state index in [-0.39, 0.29) is 0 Å². The summed E-state index contributed by atoms with van der Waals surface area (Å²) in [6.07, 6.45) is 0. The van der Waals surface area contributed by atoms with Gasteiger partial charge in [0, 0.05) is 33.9 Å². The van der Waals surface area contributed by atoms with Gasteiger partial charge in [-0.15, -0.1) is 0 Å². The van der Waals surface area contributed by atoms with Gasteiger partial charge in [0.05, 0.1) is 11.4 Å². The Morgan fingerprint density at radius 3 is 0.786 bits per heavy atom. The number of benzene rings is 14. The van der Waals surface area contributed by atoms with Gasteiger partial charge < -0.3 is 9.80 Å². The molecular weight excluding hydrogens is 1010 g/mol. The number of hydrogen-bond acceptors (Lipinski definition) is 2. The normalized spacial score (nSPS) is 11.5. The molecule has 14 aromatic rings. The van der Waals surface area contributed by atoms with Gasteiger partial charge in [0.2, 0.25) is 0 Å². The molecule has 14 rings (SSSR count). The van der Waals surface area contributed by atoms with E-state index >= 15 is 0 Å². The van der Waals surface area contributed by atoms with Crippen molar-refractivity contribution in [2.24, 2.45) is 0 Å². The van der Waals surface area contributed by atoms with Crippen LogP contribution in [0.4, 0.5) is 34.1 Å². The molecule has 0 saturated heterocycles. The van der Waals surface area contributed by atoms with Gasteiger partial charge in [0.25, 0.3) is 0 Å². The van der Waals surface area contributed by atoms with Gasteiger partial charge in [-0.1, -0.05) is 258 Å². The molecule has 0 heterocycles. The molecule has 0 aromatic heterocycles. The quantitative estimate of drug-likeness (QED) is 0.100. The van der Waals surface area contributed by atoms with Crippen molar-refractivity contribution in [2.75, 3.05) is 9.80 Å². The van der Waals surface area contributed by atoms with E-state index < -0.39 is 0 Å². The van der Waals surface area contributed by atoms with E-state index in [0.29, 0.717) is 11.8 Å². The van der Waals surface area contributed by atoms with Crippen molar-refractivity contribution in [3.05, 3.63) is 314 Å². The zero-order valence-electron chi connectivity index (χ0n) is 47.9. The number of anilines is 6. The molecule has 2 nitrogen and oxygen atoms in total. The van der Waals surface area contributed by atoms with E-state index in [2.05, 4.69) is 341 Å². The standard InChI is InChI=1S/C82H64N2/c1-55(2)75-53-77(63-37-45-67(46-38-63)83(65-41-33-59(34-42-65)57-21-9-5-10-22-57)79-31-19-17-29-69(79)61-25-13-7-14-26-61)73-52-50-72-76(56(3)4)54-78(74-51-49-71(75)81(73)82(72)74)64-39-47-68(48-40-64)84(66-43-35-60(36-44-66)58-23-11-6-12-24-58)80-32-20-18-30-70(80)62-27-15-8-16-28-62/h5-56H,1-4H3. The Morgan fingerprint density at radius 1 is 0.214 bits per heavy atom. The van der Waals surface area contributed by atoms with Gasteiger partial charge in [-0.05, 0) is 184 Å². The first-order chi connectivity index (χ1) is 41.3. The van der Waals surface area contributed by atoms with Crippen LogP contribution in [0.5, 0.6) is 0 Å². The monoisotopic (exact) mass is 1080 g/mol. The topological polar surface area (TPSA) is 6.48 Å². The second kappa shape index (κ2) is 22.2. The number of nitrogens with zero attached hydrogens (tertiary/aromatic N) is 2. The lowest BCUT2D eigenvalue weighted by molar-refractivity contribution is 0.876. The molecule has 0 aliphatic carbocycles. The fraction of sp³-hybridized carbons (Fsp3) is 0.0732. The van der Waals surface area contributed by atoms with E-state index in [9.17, 15) is 0 Å². The zero-order valence-corrected chi connectivity index (χ0v) is 47.9. The van der Waals surface area contributed by atoms with Crippen LogP contribution in [0.15, 0.2) is 303 Å². The molecule has 0 aliphatic heterocycles. The molecule has 14 aromatic carbocycles. The molecule has 0 atom stereocenters. The Labute approximate surface area is 494 Å². The molecule has 0 unspecified atom stereocenters. The van der Waals surface area contributed by atoms with Crippen LogP contribution in [-0.2, 0) is 0 Å². The molecule has 0 spiro atoms. The average Bonchev–Trinajstić information content (AvgIpc) is 1.34. The molecule has 0 fully saturated rings. The molecule has 0 N–H and O–H groups in total. The highest BCUT2D eigenvalue weighted by atomic mass is 15.1. The summed E-state index contributed by atoms with van der Waals surface area (Å²) in [5, 5.41) is 7.89. The predicted molar refractivity (Wildman–Crippen MR) is 360 cm³/mol. The van der Waals surface area contributed by atoms with Crippen LogP contribution in [0.25, 0.3) is 99.1 Å². The summed E-state index contributed by atoms with van der Waals surface area (Å²) in [7, 11) is 0. The summed E-state index contributed by atoms with van der Waals surface area (Å²) in [4.78, 5) is 4.83. The van der Waals surface area contributed by atoms with E-state index in [1.54, 1.807) is 0 Å². The molecule has 0 saturated carbocycles. The summed E-state index contributed by atoms with van der Waals surface area (Å²) in [6.45, 7) is 9.37. The fourth-order valence-electron chi connectivity index (χ4n) is 12.8. The van der Waals surface area contributed by atoms with Crippen molar-refractivity contribution in [3.8, 4) is 66.8 Å². The van der Waals surface area contributed by atoms with E-state index in [1.807, 2.05) is 0 Å². The summed E-state index contributed by atoms with van der Waals surface area (Å²) < 4.78 is 0. The third kappa shape index (κ3) is 9.56. The first-order valence-corrected chi connectivity index (χ1v) is 29.5. The van der Waals surface area contributed by atoms with E-state index in [0.717, 1.165) is 34.1 Å². The maximum atomic E-state index is 2.48. The maximum absolute atomic E-state index is 2.48. The van der Waals surface area contributed by atoms with Crippen LogP contribution in [0.2, 0.25) is 0 Å². The summed E-state index contributed by atoms with van der Waals surface area (Å²) in [6, 6.07) is 112. The van der Waals surface area contributed by atoms with Crippen LogP contribution in [0, 0.1) is 0 Å². The maximum Gasteiger partial charge on any atom is 0.0540 e. The Kier molecular flexibility index (Phi) is 13.7. The first-order valence-electron chi connectivity index (χ1n) is 29.5. The van der Waals surface area contributed by atoms with Gasteiger partial charge in [-0.3, -0.25) is 0 Å². The minimum absolute atomic E-state index is 0.303. The summed E-state index contributed by atoms with van der Waals surface area (Å²) >= 11 is 0. The van der Waals surface area contributed by atoms with Crippen molar-refractivity contribution in [1.29, 1.82) is 0 Å². The average molecular weight is 1080 g/mol. The Morgan fingerprint density at radius 2 is 0.464 bits per heavy atom. The highest BCUT2D eigenvalue weighted by Crippen LogP contribution is 2.49. The van der Waals surface area contributed by atoms with E-state index in [4.69, 9.17) is 0 Å². The SMILES string of the molecule is CC(C)c1cc(-c2ccc(N(c3ccc(-c4ccccc4)cc3)c3ccccc3-c3ccccc3)cc2)c2ccc3c(C(C)C)cc(-c4ccc(N(c5ccc(-c6ccccc6)cc5)c5ccccc5-c5ccccc5)cc4)c4ccc1c2c43. The minimum Gasteiger partial charge on any atom is -0.310 e. The predicted octanol–water partition coefficient (Wildman–Crippen LogP) is 23.8. The van der Waals surface area contributed by atoms with Crippen molar-refractivity contribution in [2.45, 2.75) is 39.5 Å². The Hall–Kier alpha value is -10.3. The second-order valence-corrected chi connectivity index (χ2v) is 22.8. The number of hydrogen-bond donors (Lipinski definition) is 0. The lowest BCUT2D eigenvalue weighted by Gasteiger charge is -2.28. The van der Waals surface area contributed by atoms with Crippen molar-refractivity contribution >= 4 is 66.4 Å². The largest absolute Gasteiger partial charge is 0.310 e. The second-order valence-electron chi connectivity index (χ2n) is 22.8. The third-order valence-corrected chi connectivity index (χ3v) is 17.0. The Balaban J connectivity index is 0.891. The van der Waals surface area contributed by atoms with E-state index in [1.165, 1.54) is 110 Å². The summed E-state index contributed by atoms with van der Waals surface area (Å²) in [5.41, 5.74) is 23.8. The van der Waals surface area contributed by atoms with Crippen LogP contribution in [-0.4, -0.2) is 0 Å². The molecule has 402 valence electrons. The minimum atomic E-state index is 0.303. The highest BCUT2D eigenvalue weighted by Gasteiger charge is 2.24. The molecule has 2 heteroatoms. The Bertz CT molecular complexity index is 4290. The van der Waals surface area contributed by atoms with Crippen molar-refractivity contribution in [3.63, 3.8) is 0 Å². The fourth-order valence-corrected chi connectivity index (χ4v) is 12.8. The number of rotatable bonds is 14. The van der Waals surface area contributed by atoms with Gasteiger partial charge >= 0.3 is 0 Å². The van der Waals surface area contributed by atoms with Crippen molar-refractivity contribution < 1.29 is 0 Å². The molecule has 0 aliphatic rings. The first kappa shape index (κ1) is 51.8. The molecule has 0 bridgehead atoms. The lowest BCUT2D eigenvalue weighted by atomic mass is 9.81. The summed E-state index contributed by atoms with van der Waals surface area (Å²) in [5.74, 6) is 0.607. The van der Waals surface area contributed by atoms with Gasteiger partial charge in [0.1, 0.15) is 0 Å². The van der Waals surface area contributed by atoms with Crippen molar-refractivity contribution in [1.82, 2.24) is 0 Å². The van der Waals surface area contributed by atoms with Crippen LogP contribution >= 0.6 is 0 Å². The molecule has 84 heavy (non-hydrogen) atoms. The van der Waals surface area contributed by atoms with Crippen LogP contribution < -0.4 is 9.80 Å². The molecule has 0 amide bonds. The van der Waals surface area contributed by atoms with Crippen LogP contribution in [0.3, 0.4) is 0 Å². The van der Waals surface area contributed by atoms with Gasteiger partial charge in [-0.2, -0.15) is 0 Å². The van der Waals surface area contributed by atoms with Crippen LogP contribution in [0.1, 0.15) is 50.7 Å².